The fourth-order valence-corrected chi connectivity index (χ4v) is 0.900. The summed E-state index contributed by atoms with van der Waals surface area (Å²) >= 11 is 0. The first-order valence-electron chi connectivity index (χ1n) is 11.2. The normalized spacial score (nSPS) is 6.05. The van der Waals surface area contributed by atoms with E-state index in [1.807, 2.05) is 27.7 Å². The average molecular weight is 585 g/mol. The summed E-state index contributed by atoms with van der Waals surface area (Å²) in [5, 5.41) is 15.2. The maximum Gasteiger partial charge on any atom is 0.397 e. The van der Waals surface area contributed by atoms with E-state index in [1.54, 1.807) is 0 Å². The maximum absolute atomic E-state index is 9.95. The number of aliphatic hydroxyl groups is 2. The number of rotatable bonds is 7. The van der Waals surface area contributed by atoms with Crippen LogP contribution in [0.1, 0.15) is 34.1 Å². The van der Waals surface area contributed by atoms with Crippen LogP contribution in [0.15, 0.2) is 132 Å². The molecule has 8 heteroatoms. The molecular formula is C31H68O7S. The summed E-state index contributed by atoms with van der Waals surface area (Å²) < 4.78 is 36.9. The lowest BCUT2D eigenvalue weighted by atomic mass is 10.2. The van der Waals surface area contributed by atoms with E-state index < -0.39 is 10.4 Å². The van der Waals surface area contributed by atoms with Crippen LogP contribution < -0.4 is 0 Å². The Bertz CT molecular complexity index is 340. The van der Waals surface area contributed by atoms with Gasteiger partial charge in [-0.05, 0) is 26.2 Å². The Labute approximate surface area is 247 Å². The first-order chi connectivity index (χ1) is 18.7. The van der Waals surface area contributed by atoms with Crippen molar-refractivity contribution >= 4 is 10.4 Å². The molecule has 39 heavy (non-hydrogen) atoms. The van der Waals surface area contributed by atoms with Crippen molar-refractivity contribution in [2.45, 2.75) is 34.1 Å². The van der Waals surface area contributed by atoms with Crippen LogP contribution in [0, 0.1) is 5.92 Å². The molecule has 0 heterocycles. The molecule has 3 N–H and O–H groups in total. The van der Waals surface area contributed by atoms with Crippen molar-refractivity contribution in [1.29, 1.82) is 0 Å². The van der Waals surface area contributed by atoms with Gasteiger partial charge in [-0.25, -0.2) is 4.18 Å². The van der Waals surface area contributed by atoms with E-state index in [1.165, 1.54) is 0 Å². The number of hydrogen-bond acceptors (Lipinski definition) is 6. The SMILES string of the molecule is C=C.C=C.C=C.C=C.C=C.C=C.C=C.C=C.C=C.C=C.CC(C)CCOS(=O)(=O)O.CCOCC.OCCO. The Morgan fingerprint density at radius 3 is 0.846 bits per heavy atom. The molecule has 0 saturated carbocycles. The third-order valence-corrected chi connectivity index (χ3v) is 1.90. The topological polar surface area (TPSA) is 113 Å². The van der Waals surface area contributed by atoms with Gasteiger partial charge >= 0.3 is 10.4 Å². The average Bonchev–Trinajstić information content (AvgIpc) is 3.03. The molecule has 0 unspecified atom stereocenters. The van der Waals surface area contributed by atoms with Crippen molar-refractivity contribution in [1.82, 2.24) is 0 Å². The minimum Gasteiger partial charge on any atom is -0.394 e. The van der Waals surface area contributed by atoms with Crippen LogP contribution in [-0.4, -0.2) is 56.2 Å². The van der Waals surface area contributed by atoms with E-state index in [0.717, 1.165) is 13.2 Å². The molecule has 240 valence electrons. The molecule has 0 saturated heterocycles. The Balaban J connectivity index is -0.0000000185. The minimum atomic E-state index is -4.22. The van der Waals surface area contributed by atoms with E-state index in [9.17, 15) is 8.42 Å². The van der Waals surface area contributed by atoms with Gasteiger partial charge in [0.05, 0.1) is 19.8 Å². The molecule has 0 aliphatic rings. The molecule has 0 fully saturated rings. The van der Waals surface area contributed by atoms with Crippen molar-refractivity contribution < 1.29 is 32.1 Å². The van der Waals surface area contributed by atoms with Crippen molar-refractivity contribution in [3.63, 3.8) is 0 Å². The molecule has 0 atom stereocenters. The van der Waals surface area contributed by atoms with Crippen LogP contribution in [-0.2, 0) is 19.3 Å². The Hall–Kier alpha value is -2.85. The van der Waals surface area contributed by atoms with Crippen molar-refractivity contribution in [2.75, 3.05) is 33.0 Å². The van der Waals surface area contributed by atoms with Crippen LogP contribution in [0.25, 0.3) is 0 Å². The van der Waals surface area contributed by atoms with Gasteiger partial charge in [-0.15, -0.1) is 132 Å². The smallest absolute Gasteiger partial charge is 0.394 e. The monoisotopic (exact) mass is 584 g/mol. The maximum atomic E-state index is 9.95. The Morgan fingerprint density at radius 2 is 0.769 bits per heavy atom. The molecule has 0 aromatic carbocycles. The van der Waals surface area contributed by atoms with E-state index in [-0.39, 0.29) is 19.8 Å². The van der Waals surface area contributed by atoms with Gasteiger partial charge in [0, 0.05) is 13.2 Å². The largest absolute Gasteiger partial charge is 0.397 e. The van der Waals surface area contributed by atoms with Gasteiger partial charge in [0.1, 0.15) is 0 Å². The molecular weight excluding hydrogens is 516 g/mol. The third-order valence-electron chi connectivity index (χ3n) is 1.44. The molecule has 0 amide bonds. The molecule has 0 spiro atoms. The highest BCUT2D eigenvalue weighted by atomic mass is 32.3. The van der Waals surface area contributed by atoms with E-state index in [2.05, 4.69) is 136 Å². The number of hydrogen-bond donors (Lipinski definition) is 3. The lowest BCUT2D eigenvalue weighted by Crippen LogP contribution is -2.06. The van der Waals surface area contributed by atoms with E-state index in [0.29, 0.717) is 12.3 Å². The fourth-order valence-electron chi connectivity index (χ4n) is 0.593. The Morgan fingerprint density at radius 1 is 0.564 bits per heavy atom. The first kappa shape index (κ1) is 83.3. The zero-order valence-electron chi connectivity index (χ0n) is 26.3. The van der Waals surface area contributed by atoms with Crippen molar-refractivity contribution in [3.8, 4) is 0 Å². The zero-order chi connectivity index (χ0) is 35.7. The molecule has 0 radical (unpaired) electrons. The van der Waals surface area contributed by atoms with Gasteiger partial charge in [-0.2, -0.15) is 8.42 Å². The summed E-state index contributed by atoms with van der Waals surface area (Å²) in [5.74, 6) is 0.377. The highest BCUT2D eigenvalue weighted by Gasteiger charge is 2.03. The molecule has 0 aliphatic carbocycles. The second-order valence-electron chi connectivity index (χ2n) is 3.66. The molecule has 7 nitrogen and oxygen atoms in total. The third kappa shape index (κ3) is 756. The molecule has 0 rings (SSSR count). The minimum absolute atomic E-state index is 0.0521. The quantitative estimate of drug-likeness (QED) is 0.202. The van der Waals surface area contributed by atoms with Gasteiger partial charge in [-0.3, -0.25) is 4.55 Å². The second kappa shape index (κ2) is 205. The molecule has 0 aromatic heterocycles. The van der Waals surface area contributed by atoms with Crippen LogP contribution in [0.3, 0.4) is 0 Å². The summed E-state index contributed by atoms with van der Waals surface area (Å²) in [7, 11) is -4.22. The number of aliphatic hydroxyl groups excluding tert-OH is 2. The van der Waals surface area contributed by atoms with Gasteiger partial charge in [0.25, 0.3) is 0 Å². The highest BCUT2D eigenvalue weighted by Crippen LogP contribution is 2.00. The van der Waals surface area contributed by atoms with Crippen LogP contribution in [0.4, 0.5) is 0 Å². The first-order valence-corrected chi connectivity index (χ1v) is 12.5. The summed E-state index contributed by atoms with van der Waals surface area (Å²) in [4.78, 5) is 0. The van der Waals surface area contributed by atoms with Gasteiger partial charge in [0.15, 0.2) is 0 Å². The lowest BCUT2D eigenvalue weighted by Gasteiger charge is -2.01. The molecule has 0 aromatic rings. The van der Waals surface area contributed by atoms with Crippen LogP contribution >= 0.6 is 0 Å². The van der Waals surface area contributed by atoms with Gasteiger partial charge in [-0.1, -0.05) is 13.8 Å². The highest BCUT2D eigenvalue weighted by molar-refractivity contribution is 7.80. The zero-order valence-corrected chi connectivity index (χ0v) is 27.2. The Kier molecular flexibility index (Phi) is 438. The summed E-state index contributed by atoms with van der Waals surface area (Å²) in [6, 6.07) is 0. The number of ether oxygens (including phenoxy) is 1. The fraction of sp³-hybridized carbons (Fsp3) is 0.355. The summed E-state index contributed by atoms with van der Waals surface area (Å²) in [6.07, 6.45) is 0.625. The molecule has 0 aliphatic heterocycles. The van der Waals surface area contributed by atoms with Crippen LogP contribution in [0.5, 0.6) is 0 Å². The predicted molar refractivity (Wildman–Crippen MR) is 186 cm³/mol. The lowest BCUT2D eigenvalue weighted by molar-refractivity contribution is 0.162. The van der Waals surface area contributed by atoms with Crippen molar-refractivity contribution in [2.24, 2.45) is 5.92 Å². The predicted octanol–water partition coefficient (Wildman–Crippen LogP) is 8.89. The van der Waals surface area contributed by atoms with E-state index in [4.69, 9.17) is 19.5 Å². The van der Waals surface area contributed by atoms with Crippen molar-refractivity contribution in [3.05, 3.63) is 132 Å². The van der Waals surface area contributed by atoms with E-state index >= 15 is 0 Å². The van der Waals surface area contributed by atoms with Gasteiger partial charge in [0.2, 0.25) is 0 Å². The second-order valence-corrected chi connectivity index (χ2v) is 4.75. The van der Waals surface area contributed by atoms with Gasteiger partial charge < -0.3 is 14.9 Å². The standard InChI is InChI=1S/C5H12O4S.C4H10O.C2H6O2.10C2H4/c1-5(2)3-4-9-10(6,7)8;1-3-5-4-2;3-1-2-4;10*1-2/h5H,3-4H2,1-2H3,(H,6,7,8);3-4H2,1-2H3;3-4H,1-2H2;10*1-2H2. The van der Waals surface area contributed by atoms with Crippen LogP contribution in [0.2, 0.25) is 0 Å². The molecule has 0 bridgehead atoms. The summed E-state index contributed by atoms with van der Waals surface area (Å²) in [6.45, 7) is 69.3. The summed E-state index contributed by atoms with van der Waals surface area (Å²) in [5.41, 5.74) is 0.